The molecule has 0 aliphatic heterocycles. The summed E-state index contributed by atoms with van der Waals surface area (Å²) >= 11 is 0. The highest BCUT2D eigenvalue weighted by molar-refractivity contribution is 5.92. The Balaban J connectivity index is 1.43. The van der Waals surface area contributed by atoms with E-state index in [9.17, 15) is 4.79 Å². The number of ether oxygens (including phenoxy) is 1. The highest BCUT2D eigenvalue weighted by atomic mass is 16.6. The van der Waals surface area contributed by atoms with Crippen LogP contribution in [0.1, 0.15) is 28.9 Å². The van der Waals surface area contributed by atoms with Gasteiger partial charge in [0.1, 0.15) is 5.58 Å². The fourth-order valence-electron chi connectivity index (χ4n) is 2.60. The summed E-state index contributed by atoms with van der Waals surface area (Å²) in [7, 11) is 0. The summed E-state index contributed by atoms with van der Waals surface area (Å²) in [6, 6.07) is 16.9. The van der Waals surface area contributed by atoms with E-state index < -0.39 is 5.97 Å². The number of aryl methyl sites for hydroxylation is 1. The first-order valence-corrected chi connectivity index (χ1v) is 8.30. The first kappa shape index (κ1) is 16.1. The van der Waals surface area contributed by atoms with Gasteiger partial charge in [-0.05, 0) is 24.1 Å². The van der Waals surface area contributed by atoms with Gasteiger partial charge in [0.15, 0.2) is 6.61 Å². The SMILES string of the molecule is CCc1ccc(-c2noc(COC(=O)c3cc4ccccc4o3)n2)cc1. The Morgan fingerprint density at radius 1 is 1.12 bits per heavy atom. The van der Waals surface area contributed by atoms with Gasteiger partial charge in [-0.1, -0.05) is 54.5 Å². The van der Waals surface area contributed by atoms with E-state index in [0.717, 1.165) is 17.4 Å². The lowest BCUT2D eigenvalue weighted by atomic mass is 10.1. The van der Waals surface area contributed by atoms with Crippen molar-refractivity contribution in [1.29, 1.82) is 0 Å². The molecule has 0 atom stereocenters. The Hall–Kier alpha value is -3.41. The molecular formula is C20H16N2O4. The van der Waals surface area contributed by atoms with Crippen molar-refractivity contribution in [2.45, 2.75) is 20.0 Å². The van der Waals surface area contributed by atoms with Crippen molar-refractivity contribution in [2.24, 2.45) is 0 Å². The molecule has 4 rings (SSSR count). The zero-order valence-electron chi connectivity index (χ0n) is 14.1. The number of nitrogens with zero attached hydrogens (tertiary/aromatic N) is 2. The highest BCUT2D eigenvalue weighted by Crippen LogP contribution is 2.20. The lowest BCUT2D eigenvalue weighted by Gasteiger charge is -1.98. The van der Waals surface area contributed by atoms with Crippen LogP contribution in [0.3, 0.4) is 0 Å². The third-order valence-corrected chi connectivity index (χ3v) is 4.04. The van der Waals surface area contributed by atoms with Gasteiger partial charge in [-0.25, -0.2) is 4.79 Å². The number of furan rings is 1. The number of rotatable bonds is 5. The summed E-state index contributed by atoms with van der Waals surface area (Å²) in [5, 5.41) is 4.77. The molecule has 2 heterocycles. The molecule has 0 spiro atoms. The molecule has 6 nitrogen and oxygen atoms in total. The maximum absolute atomic E-state index is 12.1. The van der Waals surface area contributed by atoms with Crippen molar-refractivity contribution in [3.05, 3.63) is 71.8 Å². The van der Waals surface area contributed by atoms with Crippen LogP contribution in [0.25, 0.3) is 22.4 Å². The van der Waals surface area contributed by atoms with E-state index in [-0.39, 0.29) is 18.3 Å². The van der Waals surface area contributed by atoms with Crippen LogP contribution in [-0.4, -0.2) is 16.1 Å². The maximum Gasteiger partial charge on any atom is 0.374 e. The van der Waals surface area contributed by atoms with Crippen LogP contribution in [0.2, 0.25) is 0 Å². The molecule has 0 aliphatic rings. The van der Waals surface area contributed by atoms with Gasteiger partial charge in [-0.2, -0.15) is 4.98 Å². The fourth-order valence-corrected chi connectivity index (χ4v) is 2.60. The molecule has 26 heavy (non-hydrogen) atoms. The minimum Gasteiger partial charge on any atom is -0.450 e. The van der Waals surface area contributed by atoms with Crippen LogP contribution >= 0.6 is 0 Å². The molecule has 0 amide bonds. The molecular weight excluding hydrogens is 332 g/mol. The molecule has 130 valence electrons. The first-order valence-electron chi connectivity index (χ1n) is 8.30. The number of esters is 1. The van der Waals surface area contributed by atoms with Gasteiger partial charge >= 0.3 is 5.97 Å². The monoisotopic (exact) mass is 348 g/mol. The largest absolute Gasteiger partial charge is 0.450 e. The van der Waals surface area contributed by atoms with Gasteiger partial charge < -0.3 is 13.7 Å². The van der Waals surface area contributed by atoms with Crippen molar-refractivity contribution >= 4 is 16.9 Å². The second-order valence-electron chi connectivity index (χ2n) is 5.79. The van der Waals surface area contributed by atoms with E-state index in [4.69, 9.17) is 13.7 Å². The predicted octanol–water partition coefficient (Wildman–Crippen LogP) is 4.40. The lowest BCUT2D eigenvalue weighted by molar-refractivity contribution is 0.0396. The quantitative estimate of drug-likeness (QED) is 0.497. The Labute approximate surface area is 149 Å². The lowest BCUT2D eigenvalue weighted by Crippen LogP contribution is -2.04. The average Bonchev–Trinajstić information content (AvgIpc) is 3.33. The molecule has 0 saturated heterocycles. The van der Waals surface area contributed by atoms with Crippen molar-refractivity contribution < 1.29 is 18.5 Å². The smallest absolute Gasteiger partial charge is 0.374 e. The Morgan fingerprint density at radius 3 is 2.69 bits per heavy atom. The second kappa shape index (κ2) is 6.84. The van der Waals surface area contributed by atoms with Crippen LogP contribution in [-0.2, 0) is 17.8 Å². The molecule has 0 radical (unpaired) electrons. The standard InChI is InChI=1S/C20H16N2O4/c1-2-13-7-9-14(10-8-13)19-21-18(26-22-19)12-24-20(23)17-11-15-5-3-4-6-16(15)25-17/h3-11H,2,12H2,1H3. The van der Waals surface area contributed by atoms with Gasteiger partial charge in [0.25, 0.3) is 5.89 Å². The number of benzene rings is 2. The van der Waals surface area contributed by atoms with Crippen molar-refractivity contribution in [3.63, 3.8) is 0 Å². The van der Waals surface area contributed by atoms with Gasteiger partial charge in [-0.3, -0.25) is 0 Å². The van der Waals surface area contributed by atoms with Crippen LogP contribution in [0.5, 0.6) is 0 Å². The zero-order valence-corrected chi connectivity index (χ0v) is 14.1. The average molecular weight is 348 g/mol. The van der Waals surface area contributed by atoms with Gasteiger partial charge in [-0.15, -0.1) is 0 Å². The maximum atomic E-state index is 12.1. The van der Waals surface area contributed by atoms with E-state index >= 15 is 0 Å². The summed E-state index contributed by atoms with van der Waals surface area (Å²) in [5.41, 5.74) is 2.72. The van der Waals surface area contributed by atoms with Crippen LogP contribution < -0.4 is 0 Å². The third kappa shape index (κ3) is 3.21. The van der Waals surface area contributed by atoms with Crippen LogP contribution in [0.4, 0.5) is 0 Å². The highest BCUT2D eigenvalue weighted by Gasteiger charge is 2.16. The Morgan fingerprint density at radius 2 is 1.92 bits per heavy atom. The van der Waals surface area contributed by atoms with Crippen LogP contribution in [0.15, 0.2) is 63.5 Å². The number of hydrogen-bond donors (Lipinski definition) is 0. The zero-order chi connectivity index (χ0) is 17.9. The van der Waals surface area contributed by atoms with E-state index in [1.165, 1.54) is 5.56 Å². The predicted molar refractivity (Wildman–Crippen MR) is 94.4 cm³/mol. The number of para-hydroxylation sites is 1. The number of carbonyl (C=O) groups is 1. The van der Waals surface area contributed by atoms with Crippen molar-refractivity contribution in [1.82, 2.24) is 10.1 Å². The van der Waals surface area contributed by atoms with E-state index in [1.807, 2.05) is 42.5 Å². The van der Waals surface area contributed by atoms with E-state index in [1.54, 1.807) is 12.1 Å². The number of carbonyl (C=O) groups excluding carboxylic acids is 1. The molecule has 0 saturated carbocycles. The Kier molecular flexibility index (Phi) is 4.23. The minimum absolute atomic E-state index is 0.115. The Bertz CT molecular complexity index is 1010. The first-order chi connectivity index (χ1) is 12.7. The van der Waals surface area contributed by atoms with Crippen LogP contribution in [0, 0.1) is 0 Å². The summed E-state index contributed by atoms with van der Waals surface area (Å²) in [5.74, 6) is 0.251. The summed E-state index contributed by atoms with van der Waals surface area (Å²) in [6.45, 7) is 1.98. The molecule has 0 aliphatic carbocycles. The molecule has 2 aromatic heterocycles. The molecule has 2 aromatic carbocycles. The van der Waals surface area contributed by atoms with Gasteiger partial charge in [0, 0.05) is 10.9 Å². The van der Waals surface area contributed by atoms with Crippen molar-refractivity contribution in [3.8, 4) is 11.4 Å². The van der Waals surface area contributed by atoms with Gasteiger partial charge in [0.05, 0.1) is 0 Å². The number of hydrogen-bond acceptors (Lipinski definition) is 6. The summed E-state index contributed by atoms with van der Waals surface area (Å²) in [6.07, 6.45) is 0.968. The topological polar surface area (TPSA) is 78.4 Å². The molecule has 6 heteroatoms. The molecule has 0 N–H and O–H groups in total. The minimum atomic E-state index is -0.576. The number of fused-ring (bicyclic) bond motifs is 1. The molecule has 4 aromatic rings. The second-order valence-corrected chi connectivity index (χ2v) is 5.79. The summed E-state index contributed by atoms with van der Waals surface area (Å²) < 4.78 is 15.8. The van der Waals surface area contributed by atoms with E-state index in [2.05, 4.69) is 17.1 Å². The summed E-state index contributed by atoms with van der Waals surface area (Å²) in [4.78, 5) is 16.4. The normalized spacial score (nSPS) is 11.0. The molecule has 0 fully saturated rings. The number of aromatic nitrogens is 2. The van der Waals surface area contributed by atoms with E-state index in [0.29, 0.717) is 11.4 Å². The fraction of sp³-hybridized carbons (Fsp3) is 0.150. The van der Waals surface area contributed by atoms with Crippen molar-refractivity contribution in [2.75, 3.05) is 0 Å². The van der Waals surface area contributed by atoms with Gasteiger partial charge in [0.2, 0.25) is 11.6 Å². The molecule has 0 bridgehead atoms. The third-order valence-electron chi connectivity index (χ3n) is 4.04. The molecule has 0 unspecified atom stereocenters.